The van der Waals surface area contributed by atoms with Crippen molar-refractivity contribution in [1.29, 1.82) is 0 Å². The molecule has 1 aliphatic heterocycles. The molecule has 1 heterocycles. The molecule has 14 heavy (non-hydrogen) atoms. The first-order chi connectivity index (χ1) is 5.96. The molecule has 0 fully saturated rings. The summed E-state index contributed by atoms with van der Waals surface area (Å²) in [6, 6.07) is 0. The zero-order chi connectivity index (χ0) is 10.1. The Kier molecular flexibility index (Phi) is 3.71. The van der Waals surface area contributed by atoms with Gasteiger partial charge >= 0.3 is 0 Å². The first kappa shape index (κ1) is 12.5. The minimum absolute atomic E-state index is 0. The summed E-state index contributed by atoms with van der Waals surface area (Å²) in [5, 5.41) is 2.74. The molecule has 1 rings (SSSR count). The van der Waals surface area contributed by atoms with Crippen LogP contribution in [0.4, 0.5) is 0 Å². The van der Waals surface area contributed by atoms with Crippen LogP contribution < -0.4 is 16.8 Å². The molecule has 0 aromatic rings. The van der Waals surface area contributed by atoms with Crippen molar-refractivity contribution in [2.75, 3.05) is 0 Å². The summed E-state index contributed by atoms with van der Waals surface area (Å²) in [6.45, 7) is 1.57. The van der Waals surface area contributed by atoms with Crippen molar-refractivity contribution >= 4 is 24.2 Å². The molecular formula is C8H12ClN3O2. The lowest BCUT2D eigenvalue weighted by Gasteiger charge is -2.26. The zero-order valence-corrected chi connectivity index (χ0v) is 8.43. The van der Waals surface area contributed by atoms with E-state index < -0.39 is 17.4 Å². The Hall–Kier alpha value is -1.49. The van der Waals surface area contributed by atoms with Gasteiger partial charge in [-0.1, -0.05) is 0 Å². The zero-order valence-electron chi connectivity index (χ0n) is 7.61. The monoisotopic (exact) mass is 217 g/mol. The predicted molar refractivity (Wildman–Crippen MR) is 54.4 cm³/mol. The highest BCUT2D eigenvalue weighted by atomic mass is 35.5. The number of amides is 2. The number of carbonyl (C=O) groups is 2. The van der Waals surface area contributed by atoms with Crippen LogP contribution in [0.3, 0.4) is 0 Å². The Morgan fingerprint density at radius 1 is 1.43 bits per heavy atom. The lowest BCUT2D eigenvalue weighted by atomic mass is 9.95. The maximum absolute atomic E-state index is 11.0. The van der Waals surface area contributed by atoms with Gasteiger partial charge in [0.05, 0.1) is 0 Å². The maximum atomic E-state index is 11.0. The molecule has 1 unspecified atom stereocenters. The van der Waals surface area contributed by atoms with Crippen molar-refractivity contribution in [3.05, 3.63) is 23.9 Å². The van der Waals surface area contributed by atoms with Crippen LogP contribution in [0.15, 0.2) is 23.9 Å². The largest absolute Gasteiger partial charge is 0.374 e. The average Bonchev–Trinajstić information content (AvgIpc) is 2.04. The molecule has 0 spiro atoms. The number of carbonyl (C=O) groups excluding carboxylic acids is 2. The van der Waals surface area contributed by atoms with Gasteiger partial charge in [0.2, 0.25) is 11.8 Å². The molecule has 1 aliphatic rings. The number of nitrogens with one attached hydrogen (secondary N) is 1. The highest BCUT2D eigenvalue weighted by Gasteiger charge is 2.30. The predicted octanol–water partition coefficient (Wildman–Crippen LogP) is -0.819. The van der Waals surface area contributed by atoms with E-state index in [1.807, 2.05) is 0 Å². The van der Waals surface area contributed by atoms with Gasteiger partial charge in [-0.2, -0.15) is 0 Å². The molecular weight excluding hydrogens is 206 g/mol. The number of dihydropyridines is 1. The third-order valence-electron chi connectivity index (χ3n) is 1.89. The van der Waals surface area contributed by atoms with E-state index in [0.717, 1.165) is 0 Å². The topological polar surface area (TPSA) is 98.2 Å². The number of hydrogen-bond donors (Lipinski definition) is 3. The van der Waals surface area contributed by atoms with Crippen LogP contribution >= 0.6 is 12.4 Å². The van der Waals surface area contributed by atoms with Crippen LogP contribution in [-0.4, -0.2) is 17.4 Å². The van der Waals surface area contributed by atoms with Crippen molar-refractivity contribution in [2.45, 2.75) is 12.5 Å². The van der Waals surface area contributed by atoms with Crippen LogP contribution in [0, 0.1) is 0 Å². The summed E-state index contributed by atoms with van der Waals surface area (Å²) in [5.41, 5.74) is 9.43. The molecule has 0 aromatic carbocycles. The molecule has 5 nitrogen and oxygen atoms in total. The van der Waals surface area contributed by atoms with E-state index in [-0.39, 0.29) is 18.0 Å². The highest BCUT2D eigenvalue weighted by molar-refractivity contribution is 5.98. The van der Waals surface area contributed by atoms with Crippen molar-refractivity contribution in [1.82, 2.24) is 5.32 Å². The lowest BCUT2D eigenvalue weighted by molar-refractivity contribution is -0.121. The van der Waals surface area contributed by atoms with E-state index >= 15 is 0 Å². The number of primary amides is 2. The molecule has 1 atom stereocenters. The second kappa shape index (κ2) is 4.15. The molecule has 0 aliphatic carbocycles. The van der Waals surface area contributed by atoms with Crippen LogP contribution in [0.25, 0.3) is 0 Å². The quantitative estimate of drug-likeness (QED) is 0.564. The molecule has 6 heteroatoms. The molecule has 0 saturated heterocycles. The first-order valence-electron chi connectivity index (χ1n) is 3.72. The van der Waals surface area contributed by atoms with Gasteiger partial charge in [0.25, 0.3) is 0 Å². The fraction of sp³-hybridized carbons (Fsp3) is 0.250. The summed E-state index contributed by atoms with van der Waals surface area (Å²) in [5.74, 6) is -1.14. The molecule has 0 saturated carbocycles. The van der Waals surface area contributed by atoms with Crippen molar-refractivity contribution in [3.8, 4) is 0 Å². The van der Waals surface area contributed by atoms with Crippen molar-refractivity contribution < 1.29 is 9.59 Å². The molecule has 2 amide bonds. The van der Waals surface area contributed by atoms with Gasteiger partial charge in [-0.15, -0.1) is 12.4 Å². The number of nitrogens with two attached hydrogens (primary N) is 2. The SMILES string of the molecule is CC1(C(N)=O)C=C(C(N)=O)C=CN1.Cl. The third-order valence-corrected chi connectivity index (χ3v) is 1.89. The second-order valence-electron chi connectivity index (χ2n) is 3.01. The highest BCUT2D eigenvalue weighted by Crippen LogP contribution is 2.14. The summed E-state index contributed by atoms with van der Waals surface area (Å²) in [6.07, 6.45) is 4.38. The summed E-state index contributed by atoms with van der Waals surface area (Å²) in [7, 11) is 0. The lowest BCUT2D eigenvalue weighted by Crippen LogP contribution is -2.51. The van der Waals surface area contributed by atoms with Crippen molar-refractivity contribution in [2.24, 2.45) is 11.5 Å². The summed E-state index contributed by atoms with van der Waals surface area (Å²) in [4.78, 5) is 21.8. The Balaban J connectivity index is 0.00000169. The molecule has 0 radical (unpaired) electrons. The molecule has 5 N–H and O–H groups in total. The van der Waals surface area contributed by atoms with E-state index in [1.54, 1.807) is 6.92 Å². The van der Waals surface area contributed by atoms with Crippen LogP contribution in [0.2, 0.25) is 0 Å². The van der Waals surface area contributed by atoms with Gasteiger partial charge in [-0.3, -0.25) is 9.59 Å². The fourth-order valence-corrected chi connectivity index (χ4v) is 1.00. The Bertz CT molecular complexity index is 325. The number of halogens is 1. The third kappa shape index (κ3) is 2.26. The van der Waals surface area contributed by atoms with Crippen LogP contribution in [-0.2, 0) is 9.59 Å². The smallest absolute Gasteiger partial charge is 0.248 e. The Morgan fingerprint density at radius 2 is 2.00 bits per heavy atom. The Morgan fingerprint density at radius 3 is 2.43 bits per heavy atom. The van der Waals surface area contributed by atoms with Gasteiger partial charge < -0.3 is 16.8 Å². The average molecular weight is 218 g/mol. The Labute approximate surface area is 87.6 Å². The van der Waals surface area contributed by atoms with E-state index in [1.165, 1.54) is 18.4 Å². The van der Waals surface area contributed by atoms with E-state index in [4.69, 9.17) is 11.5 Å². The minimum atomic E-state index is -1.03. The van der Waals surface area contributed by atoms with Crippen molar-refractivity contribution in [3.63, 3.8) is 0 Å². The van der Waals surface area contributed by atoms with Crippen LogP contribution in [0.5, 0.6) is 0 Å². The standard InChI is InChI=1S/C8H11N3O2.ClH/c1-8(7(10)13)4-5(6(9)12)2-3-11-8;/h2-4,11H,1H3,(H2,9,12)(H2,10,13);1H. The molecule has 0 aromatic heterocycles. The van der Waals surface area contributed by atoms with Gasteiger partial charge in [0.15, 0.2) is 0 Å². The maximum Gasteiger partial charge on any atom is 0.248 e. The molecule has 78 valence electrons. The van der Waals surface area contributed by atoms with E-state index in [2.05, 4.69) is 5.32 Å². The fourth-order valence-electron chi connectivity index (χ4n) is 1.00. The number of hydrogen-bond acceptors (Lipinski definition) is 3. The first-order valence-corrected chi connectivity index (χ1v) is 3.72. The number of rotatable bonds is 2. The van der Waals surface area contributed by atoms with Gasteiger partial charge in [0, 0.05) is 5.57 Å². The summed E-state index contributed by atoms with van der Waals surface area (Å²) < 4.78 is 0. The molecule has 0 bridgehead atoms. The van der Waals surface area contributed by atoms with E-state index in [9.17, 15) is 9.59 Å². The normalized spacial score (nSPS) is 24.2. The van der Waals surface area contributed by atoms with Gasteiger partial charge in [-0.25, -0.2) is 0 Å². The second-order valence-corrected chi connectivity index (χ2v) is 3.01. The summed E-state index contributed by atoms with van der Waals surface area (Å²) >= 11 is 0. The van der Waals surface area contributed by atoms with E-state index in [0.29, 0.717) is 0 Å². The van der Waals surface area contributed by atoms with Crippen LogP contribution in [0.1, 0.15) is 6.92 Å². The van der Waals surface area contributed by atoms with Gasteiger partial charge in [-0.05, 0) is 25.3 Å². The van der Waals surface area contributed by atoms with Gasteiger partial charge in [0.1, 0.15) is 5.54 Å². The minimum Gasteiger partial charge on any atom is -0.374 e.